The zero-order valence-corrected chi connectivity index (χ0v) is 13.7. The van der Waals surface area contributed by atoms with E-state index in [-0.39, 0.29) is 24.8 Å². The number of hydrogen-bond donors (Lipinski definition) is 2. The average molecular weight is 319 g/mol. The molecule has 1 aromatic rings. The van der Waals surface area contributed by atoms with E-state index in [0.29, 0.717) is 11.4 Å². The molecular weight excluding hydrogens is 298 g/mol. The molecule has 0 aromatic heterocycles. The quantitative estimate of drug-likeness (QED) is 0.808. The van der Waals surface area contributed by atoms with Crippen LogP contribution >= 0.6 is 0 Å². The number of anilines is 1. The van der Waals surface area contributed by atoms with Gasteiger partial charge in [0.15, 0.2) is 0 Å². The van der Waals surface area contributed by atoms with Crippen molar-refractivity contribution in [3.8, 4) is 5.75 Å². The Morgan fingerprint density at radius 2 is 2.04 bits per heavy atom. The van der Waals surface area contributed by atoms with Crippen LogP contribution < -0.4 is 15.4 Å². The number of carbonyl (C=O) groups excluding carboxylic acids is 3. The van der Waals surface area contributed by atoms with Gasteiger partial charge >= 0.3 is 6.03 Å². The molecule has 7 heteroatoms. The lowest BCUT2D eigenvalue weighted by atomic mass is 10.1. The van der Waals surface area contributed by atoms with Crippen LogP contribution in [0.25, 0.3) is 0 Å². The summed E-state index contributed by atoms with van der Waals surface area (Å²) in [7, 11) is 1.52. The summed E-state index contributed by atoms with van der Waals surface area (Å²) in [6.45, 7) is 5.20. The van der Waals surface area contributed by atoms with Gasteiger partial charge in [0.05, 0.1) is 12.8 Å². The predicted molar refractivity (Wildman–Crippen MR) is 85.3 cm³/mol. The lowest BCUT2D eigenvalue weighted by Gasteiger charge is -2.16. The lowest BCUT2D eigenvalue weighted by molar-refractivity contribution is -0.130. The topological polar surface area (TPSA) is 87.7 Å². The van der Waals surface area contributed by atoms with E-state index < -0.39 is 11.6 Å². The summed E-state index contributed by atoms with van der Waals surface area (Å²) in [5.74, 6) is -0.0669. The Labute approximate surface area is 135 Å². The van der Waals surface area contributed by atoms with Crippen molar-refractivity contribution in [1.82, 2.24) is 10.2 Å². The number of nitrogens with zero attached hydrogens (tertiary/aromatic N) is 1. The Kier molecular flexibility index (Phi) is 4.58. The summed E-state index contributed by atoms with van der Waals surface area (Å²) in [6.07, 6.45) is 0.0202. The fourth-order valence-electron chi connectivity index (χ4n) is 2.37. The molecule has 0 spiro atoms. The molecule has 0 atom stereocenters. The van der Waals surface area contributed by atoms with Crippen molar-refractivity contribution in [2.24, 2.45) is 0 Å². The summed E-state index contributed by atoms with van der Waals surface area (Å²) < 4.78 is 5.20. The standard InChI is InChI=1S/C16H21N3O4/c1-10-5-6-12(23-4)11(9-10)17-13(20)7-8-19-14(21)16(2,3)18-15(19)22/h5-6,9H,7-8H2,1-4H3,(H,17,20)(H,18,22). The number of imide groups is 1. The van der Waals surface area contributed by atoms with Gasteiger partial charge in [-0.25, -0.2) is 4.79 Å². The van der Waals surface area contributed by atoms with Crippen LogP contribution in [0, 0.1) is 6.92 Å². The van der Waals surface area contributed by atoms with Gasteiger partial charge in [-0.2, -0.15) is 0 Å². The Morgan fingerprint density at radius 3 is 2.61 bits per heavy atom. The molecule has 0 aliphatic carbocycles. The molecule has 2 N–H and O–H groups in total. The molecule has 0 saturated carbocycles. The number of benzene rings is 1. The minimum Gasteiger partial charge on any atom is -0.495 e. The first-order valence-corrected chi connectivity index (χ1v) is 7.33. The first-order valence-electron chi connectivity index (χ1n) is 7.33. The van der Waals surface area contributed by atoms with Crippen LogP contribution in [-0.2, 0) is 9.59 Å². The molecule has 1 aliphatic rings. The molecule has 124 valence electrons. The van der Waals surface area contributed by atoms with Crippen molar-refractivity contribution in [2.45, 2.75) is 32.7 Å². The summed E-state index contributed by atoms with van der Waals surface area (Å²) in [4.78, 5) is 37.0. The largest absolute Gasteiger partial charge is 0.495 e. The number of methoxy groups -OCH3 is 1. The second-order valence-electron chi connectivity index (χ2n) is 6.01. The zero-order chi connectivity index (χ0) is 17.2. The maximum Gasteiger partial charge on any atom is 0.325 e. The highest BCUT2D eigenvalue weighted by molar-refractivity contribution is 6.06. The predicted octanol–water partition coefficient (Wildman–Crippen LogP) is 1.66. The lowest BCUT2D eigenvalue weighted by Crippen LogP contribution is -2.40. The van der Waals surface area contributed by atoms with E-state index in [1.165, 1.54) is 7.11 Å². The average Bonchev–Trinajstić information content (AvgIpc) is 2.65. The molecule has 23 heavy (non-hydrogen) atoms. The molecule has 1 heterocycles. The fraction of sp³-hybridized carbons (Fsp3) is 0.438. The Bertz CT molecular complexity index is 655. The molecule has 1 saturated heterocycles. The van der Waals surface area contributed by atoms with Crippen molar-refractivity contribution >= 4 is 23.5 Å². The highest BCUT2D eigenvalue weighted by atomic mass is 16.5. The van der Waals surface area contributed by atoms with Gasteiger partial charge in [-0.15, -0.1) is 0 Å². The number of amides is 4. The number of aryl methyl sites for hydroxylation is 1. The molecular formula is C16H21N3O4. The van der Waals surface area contributed by atoms with Crippen LogP contribution in [-0.4, -0.2) is 41.9 Å². The van der Waals surface area contributed by atoms with Crippen LogP contribution in [0.2, 0.25) is 0 Å². The Balaban J connectivity index is 1.97. The van der Waals surface area contributed by atoms with E-state index in [9.17, 15) is 14.4 Å². The van der Waals surface area contributed by atoms with E-state index in [1.807, 2.05) is 13.0 Å². The van der Waals surface area contributed by atoms with Crippen LogP contribution in [0.3, 0.4) is 0 Å². The zero-order valence-electron chi connectivity index (χ0n) is 13.7. The number of ether oxygens (including phenoxy) is 1. The summed E-state index contributed by atoms with van der Waals surface area (Å²) in [5.41, 5.74) is 0.625. The third-order valence-electron chi connectivity index (χ3n) is 3.64. The van der Waals surface area contributed by atoms with Gasteiger partial charge in [0.25, 0.3) is 5.91 Å². The van der Waals surface area contributed by atoms with Gasteiger partial charge in [-0.3, -0.25) is 14.5 Å². The molecule has 7 nitrogen and oxygen atoms in total. The van der Waals surface area contributed by atoms with Gasteiger partial charge < -0.3 is 15.4 Å². The summed E-state index contributed by atoms with van der Waals surface area (Å²) in [5, 5.41) is 5.32. The van der Waals surface area contributed by atoms with E-state index in [1.54, 1.807) is 26.0 Å². The number of rotatable bonds is 5. The first kappa shape index (κ1) is 16.8. The van der Waals surface area contributed by atoms with Gasteiger partial charge in [0.2, 0.25) is 5.91 Å². The first-order chi connectivity index (χ1) is 10.7. The van der Waals surface area contributed by atoms with Crippen LogP contribution in [0.5, 0.6) is 5.75 Å². The highest BCUT2D eigenvalue weighted by Gasteiger charge is 2.43. The summed E-state index contributed by atoms with van der Waals surface area (Å²) >= 11 is 0. The van der Waals surface area contributed by atoms with Crippen LogP contribution in [0.4, 0.5) is 10.5 Å². The van der Waals surface area contributed by atoms with Crippen LogP contribution in [0.15, 0.2) is 18.2 Å². The molecule has 0 bridgehead atoms. The summed E-state index contributed by atoms with van der Waals surface area (Å²) in [6, 6.07) is 4.98. The van der Waals surface area contributed by atoms with Crippen LogP contribution in [0.1, 0.15) is 25.8 Å². The Hall–Kier alpha value is -2.57. The SMILES string of the molecule is COc1ccc(C)cc1NC(=O)CCN1C(=O)NC(C)(C)C1=O. The normalized spacial score (nSPS) is 16.3. The fourth-order valence-corrected chi connectivity index (χ4v) is 2.37. The maximum atomic E-state index is 12.1. The maximum absolute atomic E-state index is 12.1. The molecule has 1 aromatic carbocycles. The minimum absolute atomic E-state index is 0.0202. The van der Waals surface area contributed by atoms with Gasteiger partial charge in [0, 0.05) is 13.0 Å². The molecule has 1 fully saturated rings. The monoisotopic (exact) mass is 319 g/mol. The second-order valence-corrected chi connectivity index (χ2v) is 6.01. The molecule has 0 radical (unpaired) electrons. The van der Waals surface area contributed by atoms with E-state index in [0.717, 1.165) is 10.5 Å². The molecule has 1 aliphatic heterocycles. The molecule has 2 rings (SSSR count). The van der Waals surface area contributed by atoms with Gasteiger partial charge in [-0.05, 0) is 38.5 Å². The van der Waals surface area contributed by atoms with E-state index in [2.05, 4.69) is 10.6 Å². The van der Waals surface area contributed by atoms with Crippen molar-refractivity contribution in [3.63, 3.8) is 0 Å². The Morgan fingerprint density at radius 1 is 1.35 bits per heavy atom. The third-order valence-corrected chi connectivity index (χ3v) is 3.64. The van der Waals surface area contributed by atoms with Crippen molar-refractivity contribution < 1.29 is 19.1 Å². The van der Waals surface area contributed by atoms with E-state index in [4.69, 9.17) is 4.74 Å². The van der Waals surface area contributed by atoms with Crippen molar-refractivity contribution in [3.05, 3.63) is 23.8 Å². The smallest absolute Gasteiger partial charge is 0.325 e. The minimum atomic E-state index is -0.923. The number of urea groups is 1. The van der Waals surface area contributed by atoms with Crippen molar-refractivity contribution in [2.75, 3.05) is 19.0 Å². The number of nitrogens with one attached hydrogen (secondary N) is 2. The number of hydrogen-bond acceptors (Lipinski definition) is 4. The molecule has 4 amide bonds. The van der Waals surface area contributed by atoms with Gasteiger partial charge in [-0.1, -0.05) is 6.07 Å². The highest BCUT2D eigenvalue weighted by Crippen LogP contribution is 2.25. The molecule has 0 unspecified atom stereocenters. The van der Waals surface area contributed by atoms with Crippen molar-refractivity contribution in [1.29, 1.82) is 0 Å². The van der Waals surface area contributed by atoms with Gasteiger partial charge in [0.1, 0.15) is 11.3 Å². The second kappa shape index (κ2) is 6.28. The number of carbonyl (C=O) groups is 3. The van der Waals surface area contributed by atoms with E-state index >= 15 is 0 Å². The third kappa shape index (κ3) is 3.61.